The quantitative estimate of drug-likeness (QED) is 0.815. The number of carbonyl (C=O) groups is 1. The molecule has 0 amide bonds. The fourth-order valence-electron chi connectivity index (χ4n) is 2.35. The largest absolute Gasteiger partial charge is 0.481 e. The van der Waals surface area contributed by atoms with E-state index in [9.17, 15) is 4.79 Å². The van der Waals surface area contributed by atoms with E-state index in [1.807, 2.05) is 6.07 Å². The summed E-state index contributed by atoms with van der Waals surface area (Å²) in [5, 5.41) is 15.8. The molecule has 2 N–H and O–H groups in total. The van der Waals surface area contributed by atoms with Crippen molar-refractivity contribution in [3.8, 4) is 0 Å². The second-order valence-corrected chi connectivity index (χ2v) is 4.67. The third-order valence-corrected chi connectivity index (χ3v) is 3.42. The van der Waals surface area contributed by atoms with Crippen molar-refractivity contribution < 1.29 is 14.4 Å². The molecular weight excluding hydrogens is 220 g/mol. The van der Waals surface area contributed by atoms with Crippen LogP contribution in [0.1, 0.15) is 31.4 Å². The van der Waals surface area contributed by atoms with Crippen molar-refractivity contribution in [1.29, 1.82) is 0 Å². The van der Waals surface area contributed by atoms with Crippen molar-refractivity contribution in [2.24, 2.45) is 11.8 Å². The Morgan fingerprint density at radius 3 is 2.82 bits per heavy atom. The average Bonchev–Trinajstić information content (AvgIpc) is 2.83. The maximum Gasteiger partial charge on any atom is 0.306 e. The number of hydrogen-bond donors (Lipinski definition) is 2. The molecule has 17 heavy (non-hydrogen) atoms. The SMILES string of the molecule is O=C(O)C1CCC(CNCc2ccno2)CC1. The van der Waals surface area contributed by atoms with Gasteiger partial charge in [-0.25, -0.2) is 0 Å². The molecule has 1 aromatic rings. The molecule has 5 heteroatoms. The number of aromatic nitrogens is 1. The Balaban J connectivity index is 1.63. The van der Waals surface area contributed by atoms with Gasteiger partial charge in [-0.15, -0.1) is 0 Å². The second-order valence-electron chi connectivity index (χ2n) is 4.67. The van der Waals surface area contributed by atoms with Crippen LogP contribution < -0.4 is 5.32 Å². The van der Waals surface area contributed by atoms with Crippen molar-refractivity contribution in [2.75, 3.05) is 6.54 Å². The first kappa shape index (κ1) is 12.1. The van der Waals surface area contributed by atoms with E-state index in [-0.39, 0.29) is 5.92 Å². The van der Waals surface area contributed by atoms with E-state index < -0.39 is 5.97 Å². The van der Waals surface area contributed by atoms with Crippen LogP contribution in [0, 0.1) is 11.8 Å². The van der Waals surface area contributed by atoms with E-state index in [0.29, 0.717) is 12.5 Å². The van der Waals surface area contributed by atoms with Crippen molar-refractivity contribution in [2.45, 2.75) is 32.2 Å². The molecule has 0 saturated heterocycles. The standard InChI is InChI=1S/C12H18N2O3/c15-12(16)10-3-1-9(2-4-10)7-13-8-11-5-6-14-17-11/h5-6,9-10,13H,1-4,7-8H2,(H,15,16). The molecule has 0 spiro atoms. The maximum absolute atomic E-state index is 10.8. The Labute approximate surface area is 100 Å². The summed E-state index contributed by atoms with van der Waals surface area (Å²) >= 11 is 0. The van der Waals surface area contributed by atoms with Crippen LogP contribution in [0.25, 0.3) is 0 Å². The van der Waals surface area contributed by atoms with Crippen LogP contribution in [-0.4, -0.2) is 22.8 Å². The highest BCUT2D eigenvalue weighted by atomic mass is 16.5. The zero-order valence-electron chi connectivity index (χ0n) is 9.76. The lowest BCUT2D eigenvalue weighted by Crippen LogP contribution is -2.28. The Hall–Kier alpha value is -1.36. The number of aliphatic carboxylic acids is 1. The summed E-state index contributed by atoms with van der Waals surface area (Å²) in [5.41, 5.74) is 0. The summed E-state index contributed by atoms with van der Waals surface area (Å²) in [5.74, 6) is 0.663. The molecule has 1 saturated carbocycles. The van der Waals surface area contributed by atoms with Crippen LogP contribution in [0.15, 0.2) is 16.8 Å². The summed E-state index contributed by atoms with van der Waals surface area (Å²) in [6.45, 7) is 1.62. The van der Waals surface area contributed by atoms with Gasteiger partial charge in [0.05, 0.1) is 18.7 Å². The fourth-order valence-corrected chi connectivity index (χ4v) is 2.35. The van der Waals surface area contributed by atoms with Gasteiger partial charge in [-0.05, 0) is 38.1 Å². The van der Waals surface area contributed by atoms with Crippen LogP contribution in [0.4, 0.5) is 0 Å². The predicted octanol–water partition coefficient (Wildman–Crippen LogP) is 1.66. The first-order chi connectivity index (χ1) is 8.25. The van der Waals surface area contributed by atoms with E-state index in [1.54, 1.807) is 6.20 Å². The highest BCUT2D eigenvalue weighted by molar-refractivity contribution is 5.69. The summed E-state index contributed by atoms with van der Waals surface area (Å²) in [7, 11) is 0. The van der Waals surface area contributed by atoms with E-state index in [4.69, 9.17) is 9.63 Å². The van der Waals surface area contributed by atoms with Crippen LogP contribution in [0.3, 0.4) is 0 Å². The third-order valence-electron chi connectivity index (χ3n) is 3.42. The van der Waals surface area contributed by atoms with E-state index in [1.165, 1.54) is 0 Å². The predicted molar refractivity (Wildman–Crippen MR) is 61.3 cm³/mol. The first-order valence-electron chi connectivity index (χ1n) is 6.09. The molecule has 1 fully saturated rings. The van der Waals surface area contributed by atoms with Crippen LogP contribution in [-0.2, 0) is 11.3 Å². The Kier molecular flexibility index (Phi) is 4.14. The summed E-state index contributed by atoms with van der Waals surface area (Å²) in [6, 6.07) is 1.84. The molecule has 1 aliphatic rings. The monoisotopic (exact) mass is 238 g/mol. The molecule has 0 aliphatic heterocycles. The number of carboxylic acid groups (broad SMARTS) is 1. The van der Waals surface area contributed by atoms with E-state index >= 15 is 0 Å². The molecule has 0 radical (unpaired) electrons. The summed E-state index contributed by atoms with van der Waals surface area (Å²) < 4.78 is 4.98. The number of nitrogens with zero attached hydrogens (tertiary/aromatic N) is 1. The molecule has 1 aromatic heterocycles. The van der Waals surface area contributed by atoms with Gasteiger partial charge in [-0.1, -0.05) is 5.16 Å². The lowest BCUT2D eigenvalue weighted by molar-refractivity contribution is -0.143. The van der Waals surface area contributed by atoms with Gasteiger partial charge >= 0.3 is 5.97 Å². The third kappa shape index (κ3) is 3.56. The Bertz CT molecular complexity index is 343. The van der Waals surface area contributed by atoms with Gasteiger partial charge in [0.15, 0.2) is 0 Å². The minimum absolute atomic E-state index is 0.125. The minimum atomic E-state index is -0.641. The maximum atomic E-state index is 10.8. The van der Waals surface area contributed by atoms with Crippen molar-refractivity contribution >= 4 is 5.97 Å². The Morgan fingerprint density at radius 2 is 2.24 bits per heavy atom. The molecule has 5 nitrogen and oxygen atoms in total. The zero-order chi connectivity index (χ0) is 12.1. The normalized spacial score (nSPS) is 24.7. The zero-order valence-corrected chi connectivity index (χ0v) is 9.76. The first-order valence-corrected chi connectivity index (χ1v) is 6.09. The smallest absolute Gasteiger partial charge is 0.306 e. The lowest BCUT2D eigenvalue weighted by atomic mass is 9.82. The van der Waals surface area contributed by atoms with Crippen molar-refractivity contribution in [3.63, 3.8) is 0 Å². The molecule has 0 bridgehead atoms. The average molecular weight is 238 g/mol. The molecule has 1 heterocycles. The van der Waals surface area contributed by atoms with Crippen molar-refractivity contribution in [3.05, 3.63) is 18.0 Å². The molecule has 0 aromatic carbocycles. The van der Waals surface area contributed by atoms with Gasteiger partial charge in [0, 0.05) is 6.07 Å². The van der Waals surface area contributed by atoms with Crippen LogP contribution >= 0.6 is 0 Å². The molecule has 94 valence electrons. The summed E-state index contributed by atoms with van der Waals surface area (Å²) in [6.07, 6.45) is 5.25. The van der Waals surface area contributed by atoms with Gasteiger partial charge in [0.25, 0.3) is 0 Å². The van der Waals surface area contributed by atoms with Gasteiger partial charge in [-0.3, -0.25) is 4.79 Å². The van der Waals surface area contributed by atoms with Gasteiger partial charge < -0.3 is 14.9 Å². The van der Waals surface area contributed by atoms with Crippen LogP contribution in [0.5, 0.6) is 0 Å². The number of nitrogens with one attached hydrogen (secondary N) is 1. The number of rotatable bonds is 5. The topological polar surface area (TPSA) is 75.4 Å². The lowest BCUT2D eigenvalue weighted by Gasteiger charge is -2.26. The van der Waals surface area contributed by atoms with E-state index in [2.05, 4.69) is 10.5 Å². The number of hydrogen-bond acceptors (Lipinski definition) is 4. The molecule has 2 rings (SSSR count). The molecule has 0 unspecified atom stereocenters. The second kappa shape index (κ2) is 5.82. The molecule has 0 atom stereocenters. The highest BCUT2D eigenvalue weighted by Crippen LogP contribution is 2.28. The van der Waals surface area contributed by atoms with Crippen molar-refractivity contribution in [1.82, 2.24) is 10.5 Å². The van der Waals surface area contributed by atoms with E-state index in [0.717, 1.165) is 38.0 Å². The van der Waals surface area contributed by atoms with Crippen LogP contribution in [0.2, 0.25) is 0 Å². The van der Waals surface area contributed by atoms with Gasteiger partial charge in [0.1, 0.15) is 5.76 Å². The highest BCUT2D eigenvalue weighted by Gasteiger charge is 2.25. The van der Waals surface area contributed by atoms with Gasteiger partial charge in [0.2, 0.25) is 0 Å². The number of carboxylic acids is 1. The molecular formula is C12H18N2O3. The minimum Gasteiger partial charge on any atom is -0.481 e. The fraction of sp³-hybridized carbons (Fsp3) is 0.667. The molecule has 1 aliphatic carbocycles. The Morgan fingerprint density at radius 1 is 1.47 bits per heavy atom. The summed E-state index contributed by atoms with van der Waals surface area (Å²) in [4.78, 5) is 10.8. The van der Waals surface area contributed by atoms with Gasteiger partial charge in [-0.2, -0.15) is 0 Å².